The van der Waals surface area contributed by atoms with Crippen molar-refractivity contribution < 1.29 is 18.3 Å². The van der Waals surface area contributed by atoms with Crippen molar-refractivity contribution in [1.29, 1.82) is 0 Å². The van der Waals surface area contributed by atoms with Gasteiger partial charge in [0.05, 0.1) is 29.3 Å². The van der Waals surface area contributed by atoms with Gasteiger partial charge in [-0.2, -0.15) is 10.2 Å². The van der Waals surface area contributed by atoms with Crippen LogP contribution in [0.4, 0.5) is 8.78 Å². The number of hydrazone groups is 1. The number of nitrogens with zero attached hydrogens (tertiary/aromatic N) is 4. The van der Waals surface area contributed by atoms with Gasteiger partial charge in [-0.1, -0.05) is 17.7 Å². The Balaban J connectivity index is 1.08. The number of aryl methyl sites for hydroxylation is 1. The van der Waals surface area contributed by atoms with Crippen LogP contribution in [-0.4, -0.2) is 33.5 Å². The van der Waals surface area contributed by atoms with Gasteiger partial charge in [-0.3, -0.25) is 9.48 Å². The second kappa shape index (κ2) is 7.88. The minimum absolute atomic E-state index is 0.0507. The number of hydrogen-bond acceptors (Lipinski definition) is 4. The molecule has 9 heteroatoms. The highest BCUT2D eigenvalue weighted by molar-refractivity contribution is 6.32. The summed E-state index contributed by atoms with van der Waals surface area (Å²) in [7, 11) is 1.86. The number of carbonyl (C=O) groups excluding carboxylic acids is 1. The van der Waals surface area contributed by atoms with Crippen molar-refractivity contribution in [2.24, 2.45) is 23.0 Å². The number of carbonyl (C=O) groups is 1. The van der Waals surface area contributed by atoms with Gasteiger partial charge in [-0.25, -0.2) is 13.8 Å². The number of rotatable bonds is 6. The van der Waals surface area contributed by atoms with Gasteiger partial charge in [0.1, 0.15) is 17.4 Å². The standard InChI is InChI=1S/C26H23ClF2N4O2/c1-32-11-18(10-31-32)16-2-3-23(21(27)8-16)35-15-25-12-26(13-25,14-25)24(34)33-22(4-5-30-33)17-6-19(28)9-20(29)7-17/h2-3,5-11,22H,4,12-15H2,1H3. The number of ether oxygens (including phenoxy) is 1. The summed E-state index contributed by atoms with van der Waals surface area (Å²) in [6, 6.07) is 8.56. The van der Waals surface area contributed by atoms with Crippen LogP contribution in [0.15, 0.2) is 53.9 Å². The van der Waals surface area contributed by atoms with Crippen molar-refractivity contribution in [1.82, 2.24) is 14.8 Å². The maximum atomic E-state index is 13.7. The number of halogens is 3. The molecule has 7 rings (SSSR count). The van der Waals surface area contributed by atoms with Gasteiger partial charge in [-0.15, -0.1) is 0 Å². The van der Waals surface area contributed by atoms with Gasteiger partial charge in [0.15, 0.2) is 0 Å². The molecule has 2 heterocycles. The van der Waals surface area contributed by atoms with E-state index in [4.69, 9.17) is 16.3 Å². The summed E-state index contributed by atoms with van der Waals surface area (Å²) in [6.07, 6.45) is 7.90. The fraction of sp³-hybridized carbons (Fsp3) is 0.346. The molecule has 3 aliphatic carbocycles. The van der Waals surface area contributed by atoms with Gasteiger partial charge >= 0.3 is 0 Å². The Morgan fingerprint density at radius 2 is 1.89 bits per heavy atom. The number of hydrogen-bond donors (Lipinski definition) is 0. The van der Waals surface area contributed by atoms with Gasteiger partial charge in [0, 0.05) is 42.9 Å². The first-order chi connectivity index (χ1) is 16.8. The van der Waals surface area contributed by atoms with Gasteiger partial charge in [-0.05, 0) is 54.7 Å². The van der Waals surface area contributed by atoms with E-state index in [2.05, 4.69) is 10.2 Å². The highest BCUT2D eigenvalue weighted by Gasteiger charge is 2.73. The molecule has 6 nitrogen and oxygen atoms in total. The fourth-order valence-corrected chi connectivity index (χ4v) is 6.11. The summed E-state index contributed by atoms with van der Waals surface area (Å²) in [5.41, 5.74) is 1.84. The van der Waals surface area contributed by atoms with Gasteiger partial charge in [0.2, 0.25) is 5.91 Å². The van der Waals surface area contributed by atoms with E-state index in [1.807, 2.05) is 31.4 Å². The Bertz CT molecular complexity index is 1330. The quantitative estimate of drug-likeness (QED) is 0.451. The summed E-state index contributed by atoms with van der Waals surface area (Å²) in [6.45, 7) is 0.482. The van der Waals surface area contributed by atoms with Crippen molar-refractivity contribution in [3.63, 3.8) is 0 Å². The fourth-order valence-electron chi connectivity index (χ4n) is 5.87. The lowest BCUT2D eigenvalue weighted by Gasteiger charge is -2.69. The summed E-state index contributed by atoms with van der Waals surface area (Å²) in [4.78, 5) is 13.3. The van der Waals surface area contributed by atoms with Crippen LogP contribution in [0, 0.1) is 22.5 Å². The molecule has 1 unspecified atom stereocenters. The summed E-state index contributed by atoms with van der Waals surface area (Å²) in [5.74, 6) is -0.788. The number of amides is 1. The Kier molecular flexibility index (Phi) is 5.00. The maximum absolute atomic E-state index is 13.7. The monoisotopic (exact) mass is 496 g/mol. The first-order valence-electron chi connectivity index (χ1n) is 11.5. The van der Waals surface area contributed by atoms with E-state index in [0.29, 0.717) is 48.6 Å². The Morgan fingerprint density at radius 3 is 2.54 bits per heavy atom. The summed E-state index contributed by atoms with van der Waals surface area (Å²) in [5, 5.41) is 10.4. The van der Waals surface area contributed by atoms with E-state index in [9.17, 15) is 13.6 Å². The van der Waals surface area contributed by atoms with E-state index in [1.165, 1.54) is 17.1 Å². The molecule has 3 fully saturated rings. The van der Waals surface area contributed by atoms with Crippen LogP contribution in [0.1, 0.15) is 37.3 Å². The first kappa shape index (κ1) is 22.2. The molecule has 2 bridgehead atoms. The van der Waals surface area contributed by atoms with Crippen molar-refractivity contribution in [2.75, 3.05) is 6.61 Å². The normalized spacial score (nSPS) is 26.4. The molecule has 1 aliphatic heterocycles. The number of aromatic nitrogens is 2. The van der Waals surface area contributed by atoms with Crippen molar-refractivity contribution in [3.05, 3.63) is 71.0 Å². The topological polar surface area (TPSA) is 59.7 Å². The highest BCUT2D eigenvalue weighted by atomic mass is 35.5. The Labute approximate surface area is 206 Å². The maximum Gasteiger partial charge on any atom is 0.249 e. The second-order valence-electron chi connectivity index (χ2n) is 10.0. The van der Waals surface area contributed by atoms with Gasteiger partial charge < -0.3 is 4.74 Å². The molecule has 0 saturated heterocycles. The lowest BCUT2D eigenvalue weighted by atomic mass is 9.35. The van der Waals surface area contributed by atoms with Crippen LogP contribution in [0.5, 0.6) is 5.75 Å². The molecule has 1 amide bonds. The molecule has 35 heavy (non-hydrogen) atoms. The van der Waals surface area contributed by atoms with Crippen molar-refractivity contribution in [3.8, 4) is 16.9 Å². The number of benzene rings is 2. The van der Waals surface area contributed by atoms with Crippen molar-refractivity contribution in [2.45, 2.75) is 31.7 Å². The first-order valence-corrected chi connectivity index (χ1v) is 11.9. The molecule has 2 aromatic carbocycles. The minimum atomic E-state index is -0.659. The lowest BCUT2D eigenvalue weighted by molar-refractivity contribution is -0.226. The van der Waals surface area contributed by atoms with Crippen LogP contribution in [0.25, 0.3) is 11.1 Å². The smallest absolute Gasteiger partial charge is 0.249 e. The molecule has 180 valence electrons. The predicted molar refractivity (Wildman–Crippen MR) is 127 cm³/mol. The molecule has 1 aromatic heterocycles. The SMILES string of the molecule is Cn1cc(-c2ccc(OCC34CC(C(=O)N5N=CCC5c5cc(F)cc(F)c5)(C3)C4)c(Cl)c2)cn1. The van der Waals surface area contributed by atoms with Gasteiger partial charge in [0.25, 0.3) is 0 Å². The zero-order chi connectivity index (χ0) is 24.4. The third-order valence-electron chi connectivity index (χ3n) is 7.41. The molecule has 1 atom stereocenters. The molecule has 3 saturated carbocycles. The largest absolute Gasteiger partial charge is 0.491 e. The third kappa shape index (κ3) is 3.71. The van der Waals surface area contributed by atoms with Crippen LogP contribution in [0.3, 0.4) is 0 Å². The second-order valence-corrected chi connectivity index (χ2v) is 10.5. The van der Waals surface area contributed by atoms with E-state index >= 15 is 0 Å². The highest BCUT2D eigenvalue weighted by Crippen LogP contribution is 2.74. The van der Waals surface area contributed by atoms with Crippen LogP contribution in [0.2, 0.25) is 5.02 Å². The van der Waals surface area contributed by atoms with E-state index < -0.39 is 23.1 Å². The summed E-state index contributed by atoms with van der Waals surface area (Å²) < 4.78 is 35.3. The Hall–Kier alpha value is -3.26. The molecular weight excluding hydrogens is 474 g/mol. The minimum Gasteiger partial charge on any atom is -0.491 e. The van der Waals surface area contributed by atoms with Crippen LogP contribution >= 0.6 is 11.6 Å². The molecular formula is C26H23ClF2N4O2. The lowest BCUT2D eigenvalue weighted by Crippen LogP contribution is -2.69. The molecule has 0 radical (unpaired) electrons. The Morgan fingerprint density at radius 1 is 1.14 bits per heavy atom. The molecule has 0 N–H and O–H groups in total. The zero-order valence-corrected chi connectivity index (χ0v) is 19.8. The van der Waals surface area contributed by atoms with E-state index in [0.717, 1.165) is 17.2 Å². The molecule has 0 spiro atoms. The third-order valence-corrected chi connectivity index (χ3v) is 7.70. The van der Waals surface area contributed by atoms with E-state index in [-0.39, 0.29) is 11.3 Å². The average molecular weight is 497 g/mol. The molecule has 3 aromatic rings. The zero-order valence-electron chi connectivity index (χ0n) is 19.0. The van der Waals surface area contributed by atoms with E-state index in [1.54, 1.807) is 17.1 Å². The summed E-state index contributed by atoms with van der Waals surface area (Å²) >= 11 is 6.47. The van der Waals surface area contributed by atoms with Crippen molar-refractivity contribution >= 4 is 23.7 Å². The average Bonchev–Trinajstić information content (AvgIpc) is 3.41. The van der Waals surface area contributed by atoms with Crippen LogP contribution in [-0.2, 0) is 11.8 Å². The van der Waals surface area contributed by atoms with Crippen LogP contribution < -0.4 is 4.74 Å². The predicted octanol–water partition coefficient (Wildman–Crippen LogP) is 5.53. The molecule has 4 aliphatic rings.